The van der Waals surface area contributed by atoms with Crippen LogP contribution in [0.4, 0.5) is 17.1 Å². The fourth-order valence-corrected chi connectivity index (χ4v) is 1.95. The summed E-state index contributed by atoms with van der Waals surface area (Å²) in [5.74, 6) is 0. The number of hydrazone groups is 1. The quantitative estimate of drug-likeness (QED) is 0.515. The Morgan fingerprint density at radius 2 is 1.78 bits per heavy atom. The number of nitro groups is 2. The highest BCUT2D eigenvalue weighted by Crippen LogP contribution is 2.28. The minimum Gasteiger partial charge on any atom is -0.272 e. The van der Waals surface area contributed by atoms with Crippen molar-refractivity contribution in [2.75, 3.05) is 5.43 Å². The highest BCUT2D eigenvalue weighted by atomic mass is 16.6. The minimum absolute atomic E-state index is 0.0853. The summed E-state index contributed by atoms with van der Waals surface area (Å²) in [4.78, 5) is 20.3. The molecule has 0 aliphatic rings. The molecule has 2 rings (SSSR count). The largest absolute Gasteiger partial charge is 0.301 e. The molecule has 8 nitrogen and oxygen atoms in total. The Bertz CT molecular complexity index is 802. The monoisotopic (exact) mass is 314 g/mol. The van der Waals surface area contributed by atoms with Gasteiger partial charge in [-0.05, 0) is 31.0 Å². The van der Waals surface area contributed by atoms with Crippen LogP contribution in [0.3, 0.4) is 0 Å². The summed E-state index contributed by atoms with van der Waals surface area (Å²) in [7, 11) is 0. The molecule has 1 N–H and O–H groups in total. The van der Waals surface area contributed by atoms with Crippen molar-refractivity contribution in [1.82, 2.24) is 0 Å². The molecule has 0 spiro atoms. The molecule has 0 heterocycles. The molecule has 0 radical (unpaired) electrons. The zero-order valence-corrected chi connectivity index (χ0v) is 12.5. The van der Waals surface area contributed by atoms with Gasteiger partial charge in [-0.15, -0.1) is 0 Å². The summed E-state index contributed by atoms with van der Waals surface area (Å²) < 4.78 is 0. The highest BCUT2D eigenvalue weighted by Gasteiger charge is 2.19. The molecule has 23 heavy (non-hydrogen) atoms. The summed E-state index contributed by atoms with van der Waals surface area (Å²) >= 11 is 0. The van der Waals surface area contributed by atoms with Crippen LogP contribution in [0.2, 0.25) is 0 Å². The molecule has 0 aliphatic heterocycles. The Hall–Kier alpha value is -3.29. The van der Waals surface area contributed by atoms with E-state index in [0.717, 1.165) is 22.8 Å². The Kier molecular flexibility index (Phi) is 4.65. The topological polar surface area (TPSA) is 111 Å². The van der Waals surface area contributed by atoms with E-state index in [2.05, 4.69) is 10.5 Å². The zero-order chi connectivity index (χ0) is 17.0. The average molecular weight is 314 g/mol. The molecule has 0 saturated carbocycles. The summed E-state index contributed by atoms with van der Waals surface area (Å²) in [6.07, 6.45) is 1.55. The van der Waals surface area contributed by atoms with Gasteiger partial charge in [-0.3, -0.25) is 25.7 Å². The van der Waals surface area contributed by atoms with E-state index in [1.807, 2.05) is 32.0 Å². The van der Waals surface area contributed by atoms with Gasteiger partial charge in [0.2, 0.25) is 0 Å². The molecule has 2 aromatic carbocycles. The Labute approximate surface area is 131 Å². The lowest BCUT2D eigenvalue weighted by molar-refractivity contribution is -0.393. The van der Waals surface area contributed by atoms with Crippen LogP contribution < -0.4 is 5.43 Å². The van der Waals surface area contributed by atoms with Crippen molar-refractivity contribution in [3.05, 3.63) is 73.3 Å². The predicted molar refractivity (Wildman–Crippen MR) is 86.9 cm³/mol. The third kappa shape index (κ3) is 3.88. The second-order valence-corrected chi connectivity index (χ2v) is 4.95. The Balaban J connectivity index is 2.26. The number of hydrogen-bond acceptors (Lipinski definition) is 6. The van der Waals surface area contributed by atoms with E-state index in [1.165, 1.54) is 12.1 Å². The van der Waals surface area contributed by atoms with Crippen LogP contribution in [0, 0.1) is 34.1 Å². The molecule has 2 aromatic rings. The minimum atomic E-state index is -0.692. The van der Waals surface area contributed by atoms with Gasteiger partial charge in [0, 0.05) is 6.07 Å². The highest BCUT2D eigenvalue weighted by molar-refractivity contribution is 5.82. The van der Waals surface area contributed by atoms with Gasteiger partial charge in [0.1, 0.15) is 5.69 Å². The van der Waals surface area contributed by atoms with Crippen LogP contribution in [0.25, 0.3) is 0 Å². The lowest BCUT2D eigenvalue weighted by Gasteiger charge is -2.03. The smallest absolute Gasteiger partial charge is 0.272 e. The summed E-state index contributed by atoms with van der Waals surface area (Å²) in [6, 6.07) is 9.20. The third-order valence-corrected chi connectivity index (χ3v) is 3.21. The van der Waals surface area contributed by atoms with Crippen LogP contribution in [0.1, 0.15) is 16.7 Å². The molecule has 0 atom stereocenters. The molecule has 0 amide bonds. The number of nitrogens with zero attached hydrogens (tertiary/aromatic N) is 3. The number of nitrogens with one attached hydrogen (secondary N) is 1. The maximum atomic E-state index is 11.0. The number of non-ortho nitro benzene ring substituents is 1. The number of anilines is 1. The lowest BCUT2D eigenvalue weighted by Crippen LogP contribution is -1.99. The van der Waals surface area contributed by atoms with Crippen LogP contribution in [0.15, 0.2) is 41.5 Å². The molecule has 0 aliphatic carbocycles. The van der Waals surface area contributed by atoms with E-state index >= 15 is 0 Å². The predicted octanol–water partition coefficient (Wildman–Crippen LogP) is 3.57. The van der Waals surface area contributed by atoms with Gasteiger partial charge >= 0.3 is 5.69 Å². The zero-order valence-electron chi connectivity index (χ0n) is 12.5. The van der Waals surface area contributed by atoms with Gasteiger partial charge in [-0.2, -0.15) is 5.10 Å². The van der Waals surface area contributed by atoms with Crippen molar-refractivity contribution in [2.45, 2.75) is 13.8 Å². The van der Waals surface area contributed by atoms with Gasteiger partial charge < -0.3 is 0 Å². The molecule has 0 fully saturated rings. The molecule has 0 unspecified atom stereocenters. The SMILES string of the molecule is Cc1ccc(C)c(/C=N/Nc2ccc([N+](=O)[O-])cc2[N+](=O)[O-])c1. The standard InChI is InChI=1S/C15H14N4O4/c1-10-3-4-11(2)12(7-10)9-16-17-14-6-5-13(18(20)21)8-15(14)19(22)23/h3-9,17H,1-2H3/b16-9+. The van der Waals surface area contributed by atoms with Gasteiger partial charge in [-0.25, -0.2) is 0 Å². The third-order valence-electron chi connectivity index (χ3n) is 3.21. The average Bonchev–Trinajstić information content (AvgIpc) is 2.50. The molecule has 0 saturated heterocycles. The van der Waals surface area contributed by atoms with Crippen molar-refractivity contribution in [3.8, 4) is 0 Å². The fraction of sp³-hybridized carbons (Fsp3) is 0.133. The van der Waals surface area contributed by atoms with E-state index in [1.54, 1.807) is 6.21 Å². The van der Waals surface area contributed by atoms with E-state index in [0.29, 0.717) is 0 Å². The second-order valence-electron chi connectivity index (χ2n) is 4.95. The first-order chi connectivity index (χ1) is 10.9. The lowest BCUT2D eigenvalue weighted by atomic mass is 10.1. The molecule has 118 valence electrons. The van der Waals surface area contributed by atoms with Gasteiger partial charge in [0.25, 0.3) is 5.69 Å². The van der Waals surface area contributed by atoms with Gasteiger partial charge in [-0.1, -0.05) is 23.8 Å². The van der Waals surface area contributed by atoms with Crippen molar-refractivity contribution in [1.29, 1.82) is 0 Å². The fourth-order valence-electron chi connectivity index (χ4n) is 1.95. The Morgan fingerprint density at radius 3 is 2.43 bits per heavy atom. The number of nitro benzene ring substituents is 2. The van der Waals surface area contributed by atoms with Crippen LogP contribution in [0.5, 0.6) is 0 Å². The first kappa shape index (κ1) is 16.1. The van der Waals surface area contributed by atoms with Crippen molar-refractivity contribution in [3.63, 3.8) is 0 Å². The van der Waals surface area contributed by atoms with Crippen LogP contribution in [-0.4, -0.2) is 16.1 Å². The van der Waals surface area contributed by atoms with Gasteiger partial charge in [0.05, 0.1) is 22.1 Å². The second kappa shape index (κ2) is 6.65. The summed E-state index contributed by atoms with van der Waals surface area (Å²) in [5.41, 5.74) is 4.85. The Morgan fingerprint density at radius 1 is 1.04 bits per heavy atom. The van der Waals surface area contributed by atoms with E-state index in [-0.39, 0.29) is 11.4 Å². The molecular weight excluding hydrogens is 300 g/mol. The van der Waals surface area contributed by atoms with E-state index in [4.69, 9.17) is 0 Å². The van der Waals surface area contributed by atoms with Crippen molar-refractivity contribution in [2.24, 2.45) is 5.10 Å². The summed E-state index contributed by atoms with van der Waals surface area (Å²) in [6.45, 7) is 3.88. The normalized spacial score (nSPS) is 10.7. The summed E-state index contributed by atoms with van der Waals surface area (Å²) in [5, 5.41) is 25.7. The maximum absolute atomic E-state index is 11.0. The van der Waals surface area contributed by atoms with Crippen LogP contribution >= 0.6 is 0 Å². The molecule has 0 bridgehead atoms. The number of rotatable bonds is 5. The first-order valence-electron chi connectivity index (χ1n) is 6.67. The number of aryl methyl sites for hydroxylation is 2. The van der Waals surface area contributed by atoms with E-state index < -0.39 is 15.5 Å². The van der Waals surface area contributed by atoms with Gasteiger partial charge in [0.15, 0.2) is 0 Å². The number of benzene rings is 2. The molecule has 8 heteroatoms. The molecular formula is C15H14N4O4. The first-order valence-corrected chi connectivity index (χ1v) is 6.67. The van der Waals surface area contributed by atoms with E-state index in [9.17, 15) is 20.2 Å². The van der Waals surface area contributed by atoms with Crippen LogP contribution in [-0.2, 0) is 0 Å². The van der Waals surface area contributed by atoms with Crippen molar-refractivity contribution >= 4 is 23.3 Å². The number of hydrogen-bond donors (Lipinski definition) is 1. The van der Waals surface area contributed by atoms with Crippen molar-refractivity contribution < 1.29 is 9.85 Å². The molecule has 0 aromatic heterocycles. The maximum Gasteiger partial charge on any atom is 0.301 e.